The summed E-state index contributed by atoms with van der Waals surface area (Å²) in [5.74, 6) is 1.69. The van der Waals surface area contributed by atoms with Gasteiger partial charge in [0.1, 0.15) is 0 Å². The van der Waals surface area contributed by atoms with Gasteiger partial charge in [0, 0.05) is 17.0 Å². The van der Waals surface area contributed by atoms with Gasteiger partial charge < -0.3 is 10.6 Å². The molecule has 0 radical (unpaired) electrons. The van der Waals surface area contributed by atoms with Crippen LogP contribution in [-0.4, -0.2) is 24.7 Å². The van der Waals surface area contributed by atoms with Crippen LogP contribution in [0.15, 0.2) is 29.2 Å². The smallest absolute Gasteiger partial charge is 0.224 e. The minimum absolute atomic E-state index is 0.125. The predicted molar refractivity (Wildman–Crippen MR) is 77.1 cm³/mol. The van der Waals surface area contributed by atoms with Crippen molar-refractivity contribution in [2.75, 3.05) is 24.2 Å². The standard InChI is InChI=1S/C14H20N2OS/c1-2-18-13-5-3-12(4-6-13)16-14(17)9-11-7-8-15-10-11/h3-6,11,15H,2,7-10H2,1H3,(H,16,17). The molecule has 1 fully saturated rings. The highest BCUT2D eigenvalue weighted by atomic mass is 32.2. The molecule has 0 bridgehead atoms. The molecule has 1 saturated heterocycles. The molecule has 1 amide bonds. The van der Waals surface area contributed by atoms with Crippen LogP contribution in [0, 0.1) is 5.92 Å². The fourth-order valence-corrected chi connectivity index (χ4v) is 2.83. The van der Waals surface area contributed by atoms with Gasteiger partial charge in [0.2, 0.25) is 5.91 Å². The van der Waals surface area contributed by atoms with Gasteiger partial charge in [-0.3, -0.25) is 4.79 Å². The van der Waals surface area contributed by atoms with Crippen molar-refractivity contribution in [1.82, 2.24) is 5.32 Å². The summed E-state index contributed by atoms with van der Waals surface area (Å²) in [6.07, 6.45) is 1.73. The second kappa shape index (κ2) is 6.81. The van der Waals surface area contributed by atoms with E-state index >= 15 is 0 Å². The number of rotatable bonds is 5. The van der Waals surface area contributed by atoms with Gasteiger partial charge in [0.25, 0.3) is 0 Å². The van der Waals surface area contributed by atoms with E-state index in [0.29, 0.717) is 12.3 Å². The Bertz CT molecular complexity index is 385. The molecular weight excluding hydrogens is 244 g/mol. The summed E-state index contributed by atoms with van der Waals surface area (Å²) in [6.45, 7) is 4.15. The van der Waals surface area contributed by atoms with Crippen LogP contribution < -0.4 is 10.6 Å². The molecule has 98 valence electrons. The Morgan fingerprint density at radius 2 is 2.22 bits per heavy atom. The van der Waals surface area contributed by atoms with Crippen LogP contribution >= 0.6 is 11.8 Å². The number of hydrogen-bond acceptors (Lipinski definition) is 3. The first-order chi connectivity index (χ1) is 8.78. The van der Waals surface area contributed by atoms with Gasteiger partial charge in [-0.2, -0.15) is 0 Å². The molecule has 0 aliphatic carbocycles. The third kappa shape index (κ3) is 4.03. The van der Waals surface area contributed by atoms with Crippen molar-refractivity contribution in [1.29, 1.82) is 0 Å². The monoisotopic (exact) mass is 264 g/mol. The van der Waals surface area contributed by atoms with E-state index in [4.69, 9.17) is 0 Å². The summed E-state index contributed by atoms with van der Waals surface area (Å²) < 4.78 is 0. The molecule has 0 aromatic heterocycles. The summed E-state index contributed by atoms with van der Waals surface area (Å²) in [7, 11) is 0. The van der Waals surface area contributed by atoms with E-state index in [1.165, 1.54) is 4.90 Å². The van der Waals surface area contributed by atoms with Crippen molar-refractivity contribution in [3.63, 3.8) is 0 Å². The highest BCUT2D eigenvalue weighted by Crippen LogP contribution is 2.20. The van der Waals surface area contributed by atoms with Gasteiger partial charge >= 0.3 is 0 Å². The Morgan fingerprint density at radius 3 is 2.83 bits per heavy atom. The molecule has 1 unspecified atom stereocenters. The maximum Gasteiger partial charge on any atom is 0.224 e. The van der Waals surface area contributed by atoms with Gasteiger partial charge in [-0.15, -0.1) is 11.8 Å². The number of amides is 1. The molecule has 1 aromatic rings. The minimum Gasteiger partial charge on any atom is -0.326 e. The van der Waals surface area contributed by atoms with Gasteiger partial charge in [0.05, 0.1) is 0 Å². The van der Waals surface area contributed by atoms with Crippen LogP contribution in [0.1, 0.15) is 19.8 Å². The Kier molecular flexibility index (Phi) is 5.08. The van der Waals surface area contributed by atoms with E-state index in [9.17, 15) is 4.79 Å². The Balaban J connectivity index is 1.82. The zero-order valence-corrected chi connectivity index (χ0v) is 11.6. The second-order valence-electron chi connectivity index (χ2n) is 4.57. The summed E-state index contributed by atoms with van der Waals surface area (Å²) in [5.41, 5.74) is 0.895. The minimum atomic E-state index is 0.125. The largest absolute Gasteiger partial charge is 0.326 e. The molecule has 1 aromatic carbocycles. The average molecular weight is 264 g/mol. The van der Waals surface area contributed by atoms with Crippen LogP contribution in [0.4, 0.5) is 5.69 Å². The lowest BCUT2D eigenvalue weighted by Crippen LogP contribution is -2.18. The molecule has 2 N–H and O–H groups in total. The highest BCUT2D eigenvalue weighted by molar-refractivity contribution is 7.99. The molecule has 0 saturated carbocycles. The molecule has 1 aliphatic heterocycles. The van der Waals surface area contributed by atoms with Crippen molar-refractivity contribution in [3.05, 3.63) is 24.3 Å². The second-order valence-corrected chi connectivity index (χ2v) is 5.91. The lowest BCUT2D eigenvalue weighted by molar-refractivity contribution is -0.116. The van der Waals surface area contributed by atoms with Crippen molar-refractivity contribution >= 4 is 23.4 Å². The van der Waals surface area contributed by atoms with Crippen molar-refractivity contribution in [2.24, 2.45) is 5.92 Å². The number of carbonyl (C=O) groups excluding carboxylic acids is 1. The number of benzene rings is 1. The first-order valence-electron chi connectivity index (χ1n) is 6.51. The van der Waals surface area contributed by atoms with E-state index in [1.807, 2.05) is 23.9 Å². The zero-order chi connectivity index (χ0) is 12.8. The molecule has 3 nitrogen and oxygen atoms in total. The molecule has 1 atom stereocenters. The maximum absolute atomic E-state index is 11.8. The summed E-state index contributed by atoms with van der Waals surface area (Å²) in [6, 6.07) is 8.06. The molecule has 0 spiro atoms. The lowest BCUT2D eigenvalue weighted by atomic mass is 10.0. The molecule has 4 heteroatoms. The summed E-state index contributed by atoms with van der Waals surface area (Å²) in [5, 5.41) is 6.24. The Morgan fingerprint density at radius 1 is 1.44 bits per heavy atom. The van der Waals surface area contributed by atoms with E-state index in [-0.39, 0.29) is 5.91 Å². The van der Waals surface area contributed by atoms with Crippen LogP contribution in [0.25, 0.3) is 0 Å². The molecule has 18 heavy (non-hydrogen) atoms. The number of nitrogens with one attached hydrogen (secondary N) is 2. The molecule has 1 heterocycles. The fraction of sp³-hybridized carbons (Fsp3) is 0.500. The maximum atomic E-state index is 11.8. The van der Waals surface area contributed by atoms with Crippen LogP contribution in [0.5, 0.6) is 0 Å². The van der Waals surface area contributed by atoms with Crippen molar-refractivity contribution < 1.29 is 4.79 Å². The fourth-order valence-electron chi connectivity index (χ4n) is 2.16. The van der Waals surface area contributed by atoms with Gasteiger partial charge in [-0.1, -0.05) is 6.92 Å². The zero-order valence-electron chi connectivity index (χ0n) is 10.7. The van der Waals surface area contributed by atoms with Crippen LogP contribution in [0.3, 0.4) is 0 Å². The number of carbonyl (C=O) groups is 1. The quantitative estimate of drug-likeness (QED) is 0.803. The Hall–Kier alpha value is -1.00. The average Bonchev–Trinajstić information content (AvgIpc) is 2.84. The van der Waals surface area contributed by atoms with Gasteiger partial charge in [-0.25, -0.2) is 0 Å². The molecular formula is C14H20N2OS. The number of hydrogen-bond donors (Lipinski definition) is 2. The Labute approximate surface area is 113 Å². The van der Waals surface area contributed by atoms with Crippen LogP contribution in [-0.2, 0) is 4.79 Å². The number of anilines is 1. The lowest BCUT2D eigenvalue weighted by Gasteiger charge is -2.09. The first kappa shape index (κ1) is 13.4. The SMILES string of the molecule is CCSc1ccc(NC(=O)CC2CCNC2)cc1. The predicted octanol–water partition coefficient (Wildman–Crippen LogP) is 2.74. The van der Waals surface area contributed by atoms with E-state index < -0.39 is 0 Å². The topological polar surface area (TPSA) is 41.1 Å². The third-order valence-electron chi connectivity index (χ3n) is 3.09. The van der Waals surface area contributed by atoms with Gasteiger partial charge in [0.15, 0.2) is 0 Å². The molecule has 2 rings (SSSR count). The summed E-state index contributed by atoms with van der Waals surface area (Å²) >= 11 is 1.81. The van der Waals surface area contributed by atoms with E-state index in [0.717, 1.165) is 31.0 Å². The molecule has 1 aliphatic rings. The van der Waals surface area contributed by atoms with Crippen molar-refractivity contribution in [3.8, 4) is 0 Å². The third-order valence-corrected chi connectivity index (χ3v) is 3.98. The van der Waals surface area contributed by atoms with Gasteiger partial charge in [-0.05, 0) is 55.4 Å². The highest BCUT2D eigenvalue weighted by Gasteiger charge is 2.17. The van der Waals surface area contributed by atoms with E-state index in [2.05, 4.69) is 29.7 Å². The first-order valence-corrected chi connectivity index (χ1v) is 7.50. The normalized spacial score (nSPS) is 18.8. The van der Waals surface area contributed by atoms with E-state index in [1.54, 1.807) is 0 Å². The van der Waals surface area contributed by atoms with Crippen molar-refractivity contribution in [2.45, 2.75) is 24.7 Å². The van der Waals surface area contributed by atoms with Crippen LogP contribution in [0.2, 0.25) is 0 Å². The summed E-state index contributed by atoms with van der Waals surface area (Å²) in [4.78, 5) is 13.1. The number of thioether (sulfide) groups is 1.